The maximum atomic E-state index is 15.5. The molecule has 0 aliphatic carbocycles. The van der Waals surface area contributed by atoms with Crippen molar-refractivity contribution in [3.05, 3.63) is 107 Å². The van der Waals surface area contributed by atoms with Crippen molar-refractivity contribution in [2.45, 2.75) is 136 Å². The number of halogens is 2. The normalized spacial score (nSPS) is 17.9. The number of carbonyl (C=O) groups excluding carboxylic acids is 4. The molecule has 0 spiro atoms. The van der Waals surface area contributed by atoms with E-state index in [4.69, 9.17) is 9.72 Å². The smallest absolute Gasteiger partial charge is 0.246 e. The number of piperidine rings is 1. The topological polar surface area (TPSA) is 188 Å². The van der Waals surface area contributed by atoms with Crippen LogP contribution in [-0.4, -0.2) is 132 Å². The largest absolute Gasteiger partial charge is 0.391 e. The number of aliphatic hydroxyl groups excluding tert-OH is 1. The van der Waals surface area contributed by atoms with E-state index in [1.807, 2.05) is 90.3 Å². The van der Waals surface area contributed by atoms with Crippen LogP contribution in [0.15, 0.2) is 78.7 Å². The van der Waals surface area contributed by atoms with Crippen molar-refractivity contribution in [2.24, 2.45) is 5.41 Å². The molecule has 9 rings (SSSR count). The number of aryl methyl sites for hydroxylation is 1. The fraction of sp³-hybridized carbons (Fsp3) is 0.492. The highest BCUT2D eigenvalue weighted by Gasteiger charge is 2.44. The maximum absolute atomic E-state index is 15.5. The van der Waals surface area contributed by atoms with Gasteiger partial charge in [0, 0.05) is 88.0 Å². The van der Waals surface area contributed by atoms with Gasteiger partial charge in [0.2, 0.25) is 23.6 Å². The zero-order valence-corrected chi connectivity index (χ0v) is 46.0. The van der Waals surface area contributed by atoms with Crippen molar-refractivity contribution >= 4 is 46.0 Å². The van der Waals surface area contributed by atoms with Crippen LogP contribution in [0.1, 0.15) is 114 Å². The number of rotatable bonds is 20. The van der Waals surface area contributed by atoms with E-state index in [0.29, 0.717) is 80.1 Å². The zero-order valence-electron chi connectivity index (χ0n) is 45.2. The first kappa shape index (κ1) is 56.2. The summed E-state index contributed by atoms with van der Waals surface area (Å²) in [7, 11) is 0. The summed E-state index contributed by atoms with van der Waals surface area (Å²) in [6.07, 6.45) is 12.0. The Bertz CT molecular complexity index is 3030. The second kappa shape index (κ2) is 25.5. The van der Waals surface area contributed by atoms with Gasteiger partial charge in [0.05, 0.1) is 70.6 Å². The van der Waals surface area contributed by atoms with Crippen molar-refractivity contribution in [3.63, 3.8) is 0 Å². The molecule has 3 fully saturated rings. The average molecular weight is 1090 g/mol. The number of nitrogens with zero attached hydrogens (tertiary/aromatic N) is 8. The van der Waals surface area contributed by atoms with Crippen LogP contribution in [0.4, 0.5) is 8.78 Å². The lowest BCUT2D eigenvalue weighted by molar-refractivity contribution is -0.144. The molecule has 78 heavy (non-hydrogen) atoms. The first-order valence-corrected chi connectivity index (χ1v) is 28.4. The van der Waals surface area contributed by atoms with E-state index in [9.17, 15) is 24.3 Å². The highest BCUT2D eigenvalue weighted by Crippen LogP contribution is 2.33. The minimum absolute atomic E-state index is 0.0132. The summed E-state index contributed by atoms with van der Waals surface area (Å²) in [5.41, 5.74) is 7.62. The molecule has 1 unspecified atom stereocenters. The Kier molecular flexibility index (Phi) is 18.4. The number of fused-ring (bicyclic) bond motifs is 1. The minimum atomic E-state index is -0.881. The summed E-state index contributed by atoms with van der Waals surface area (Å²) >= 11 is 1.58. The summed E-state index contributed by atoms with van der Waals surface area (Å²) in [6, 6.07) is 14.5. The molecular formula is C59H72F2N10O6S. The number of benzene rings is 3. The first-order chi connectivity index (χ1) is 37.6. The van der Waals surface area contributed by atoms with Crippen LogP contribution in [0.5, 0.6) is 0 Å². The molecule has 3 N–H and O–H groups in total. The molecule has 3 aromatic carbocycles. The summed E-state index contributed by atoms with van der Waals surface area (Å²) < 4.78 is 38.2. The predicted octanol–water partition coefficient (Wildman–Crippen LogP) is 8.80. The van der Waals surface area contributed by atoms with Crippen LogP contribution in [0.2, 0.25) is 0 Å². The van der Waals surface area contributed by atoms with Gasteiger partial charge in [-0.2, -0.15) is 5.10 Å². The fourth-order valence-electron chi connectivity index (χ4n) is 10.8. The van der Waals surface area contributed by atoms with Gasteiger partial charge < -0.3 is 30.3 Å². The number of likely N-dealkylation sites (tertiary alicyclic amines) is 2. The number of unbranched alkanes of at least 4 members (excludes halogenated alkanes) is 5. The predicted molar refractivity (Wildman–Crippen MR) is 296 cm³/mol. The number of aliphatic hydroxyl groups is 1. The third kappa shape index (κ3) is 13.8. The van der Waals surface area contributed by atoms with E-state index >= 15 is 8.78 Å². The summed E-state index contributed by atoms with van der Waals surface area (Å²) in [5.74, 6) is -2.00. The number of β-amino-alcohol motifs (C(OH)–C–C–N with tert-alkyl or cyclic N) is 1. The molecule has 414 valence electrons. The van der Waals surface area contributed by atoms with Gasteiger partial charge in [0.25, 0.3) is 0 Å². The van der Waals surface area contributed by atoms with Gasteiger partial charge in [-0.15, -0.1) is 11.3 Å². The monoisotopic (exact) mass is 1090 g/mol. The number of hydrogen-bond donors (Lipinski definition) is 3. The van der Waals surface area contributed by atoms with Gasteiger partial charge in [0.15, 0.2) is 0 Å². The number of ether oxygens (including phenoxy) is 1. The Morgan fingerprint density at radius 3 is 2.26 bits per heavy atom. The molecule has 0 radical (unpaired) electrons. The third-order valence-corrected chi connectivity index (χ3v) is 16.3. The standard InChI is InChI=1S/C59H72F2N10O6S/c1-38-55(78-37-64-38)40-18-16-39(17-19-40)31-63-57(75)51-30-44(72)35-70(51)58(76)56(59(2,3)4)67-52(73)14-9-7-5-6-8-10-15-53(74)69-22-20-43(21-23-69)71-34-42(32-65-71)50-33-62-49-13-11-12-45(54(49)66-50)41-28-47(60)46(48(61)29-41)36-68-24-26-77-27-25-68/h11-13,16-19,28-29,32-34,37,43-44,51,56,72H,5-10,14-15,20-27,30-31,35-36H2,1-4H3,(H,63,75)(H,67,73)/t44-,51+,56?/m1/s1. The molecule has 6 aromatic rings. The van der Waals surface area contributed by atoms with E-state index in [1.165, 1.54) is 17.0 Å². The molecule has 0 bridgehead atoms. The Morgan fingerprint density at radius 1 is 0.859 bits per heavy atom. The molecule has 16 nitrogen and oxygen atoms in total. The molecule has 3 aliphatic rings. The zero-order chi connectivity index (χ0) is 54.9. The second-order valence-corrected chi connectivity index (χ2v) is 23.0. The van der Waals surface area contributed by atoms with Crippen molar-refractivity contribution in [1.82, 2.24) is 50.1 Å². The Morgan fingerprint density at radius 2 is 1.56 bits per heavy atom. The number of morpholine rings is 1. The van der Waals surface area contributed by atoms with E-state index in [0.717, 1.165) is 72.2 Å². The van der Waals surface area contributed by atoms with E-state index in [-0.39, 0.29) is 67.7 Å². The second-order valence-electron chi connectivity index (χ2n) is 22.1. The molecule has 3 aromatic heterocycles. The van der Waals surface area contributed by atoms with Gasteiger partial charge in [-0.25, -0.2) is 18.7 Å². The summed E-state index contributed by atoms with van der Waals surface area (Å²) in [5, 5.41) is 21.2. The van der Waals surface area contributed by atoms with Crippen molar-refractivity contribution in [2.75, 3.05) is 45.9 Å². The van der Waals surface area contributed by atoms with Crippen LogP contribution in [0, 0.1) is 24.0 Å². The van der Waals surface area contributed by atoms with E-state index in [1.54, 1.807) is 29.8 Å². The average Bonchev–Trinajstić information content (AvgIpc) is 4.33. The highest BCUT2D eigenvalue weighted by molar-refractivity contribution is 7.13. The third-order valence-electron chi connectivity index (χ3n) is 15.4. The Balaban J connectivity index is 0.672. The van der Waals surface area contributed by atoms with Crippen LogP contribution in [0.25, 0.3) is 43.9 Å². The number of thiazole rings is 1. The maximum Gasteiger partial charge on any atom is 0.246 e. The van der Waals surface area contributed by atoms with Gasteiger partial charge in [-0.3, -0.25) is 33.7 Å². The molecule has 19 heteroatoms. The molecular weight excluding hydrogens is 1010 g/mol. The lowest BCUT2D eigenvalue weighted by Gasteiger charge is -2.35. The SMILES string of the molecule is Cc1ncsc1-c1ccc(CNC(=O)[C@@H]2C[C@@H](O)CN2C(=O)C(NC(=O)CCCCCCCCC(=O)N2CCC(n3cc(-c4cnc5cccc(-c6cc(F)c(CN7CCOCC7)c(F)c6)c5n4)cn3)CC2)C(C)(C)C)cc1. The van der Waals surface area contributed by atoms with Crippen LogP contribution >= 0.6 is 11.3 Å². The van der Waals surface area contributed by atoms with E-state index < -0.39 is 35.2 Å². The van der Waals surface area contributed by atoms with Crippen LogP contribution in [-0.2, 0) is 37.0 Å². The fourth-order valence-corrected chi connectivity index (χ4v) is 11.6. The number of amides is 4. The molecule has 0 saturated carbocycles. The first-order valence-electron chi connectivity index (χ1n) is 27.5. The Hall–Kier alpha value is -6.54. The molecule has 4 amide bonds. The van der Waals surface area contributed by atoms with Crippen LogP contribution in [0.3, 0.4) is 0 Å². The van der Waals surface area contributed by atoms with E-state index in [2.05, 4.69) is 25.7 Å². The van der Waals surface area contributed by atoms with Gasteiger partial charge >= 0.3 is 0 Å². The van der Waals surface area contributed by atoms with Gasteiger partial charge in [-0.1, -0.05) is 82.9 Å². The van der Waals surface area contributed by atoms with Crippen molar-refractivity contribution in [1.29, 1.82) is 0 Å². The van der Waals surface area contributed by atoms with Gasteiger partial charge in [0.1, 0.15) is 23.7 Å². The highest BCUT2D eigenvalue weighted by atomic mass is 32.1. The summed E-state index contributed by atoms with van der Waals surface area (Å²) in [6.45, 7) is 11.7. The molecule has 3 saturated heterocycles. The number of aromatic nitrogens is 5. The van der Waals surface area contributed by atoms with Crippen molar-refractivity contribution in [3.8, 4) is 32.8 Å². The van der Waals surface area contributed by atoms with Crippen LogP contribution < -0.4 is 10.6 Å². The number of para-hydroxylation sites is 1. The van der Waals surface area contributed by atoms with Crippen molar-refractivity contribution < 1.29 is 37.8 Å². The van der Waals surface area contributed by atoms with Gasteiger partial charge in [-0.05, 0) is 72.9 Å². The quantitative estimate of drug-likeness (QED) is 0.0620. The lowest BCUT2D eigenvalue weighted by atomic mass is 9.85. The molecule has 6 heterocycles. The number of carbonyl (C=O) groups is 4. The number of hydrogen-bond acceptors (Lipinski definition) is 12. The number of nitrogens with one attached hydrogen (secondary N) is 2. The molecule has 3 atom stereocenters. The summed E-state index contributed by atoms with van der Waals surface area (Å²) in [4.78, 5) is 74.4. The minimum Gasteiger partial charge on any atom is -0.391 e. The Labute approximate surface area is 459 Å². The molecule has 3 aliphatic heterocycles. The lowest BCUT2D eigenvalue weighted by Crippen LogP contribution is -2.57.